The fraction of sp³-hybridized carbons (Fsp3) is 0.562. The van der Waals surface area contributed by atoms with E-state index in [1.165, 1.54) is 27.2 Å². The zero-order chi connectivity index (χ0) is 18.9. The minimum atomic E-state index is -3.66. The molecule has 0 amide bonds. The van der Waals surface area contributed by atoms with Gasteiger partial charge in [0, 0.05) is 25.4 Å². The summed E-state index contributed by atoms with van der Waals surface area (Å²) in [5, 5.41) is 3.91. The van der Waals surface area contributed by atoms with Gasteiger partial charge in [-0.05, 0) is 25.3 Å². The monoisotopic (exact) mass is 417 g/mol. The molecule has 9 nitrogen and oxygen atoms in total. The van der Waals surface area contributed by atoms with Crippen LogP contribution in [-0.4, -0.2) is 40.5 Å². The van der Waals surface area contributed by atoms with Gasteiger partial charge in [0.2, 0.25) is 15.9 Å². The van der Waals surface area contributed by atoms with Crippen molar-refractivity contribution in [1.82, 2.24) is 19.0 Å². The molecular weight excluding hydrogens is 394 g/mol. The summed E-state index contributed by atoms with van der Waals surface area (Å²) in [7, 11) is -3.66. The fourth-order valence-electron chi connectivity index (χ4n) is 2.95. The van der Waals surface area contributed by atoms with Gasteiger partial charge in [0.1, 0.15) is 6.54 Å². The second kappa shape index (κ2) is 8.09. The standard InChI is InChI=1S/C16H23N5O4S.ClH/c1-3-21(4-2)26(23,24)12-6-7-14(22)20(10-12)11-13-18-15(19-25-13)16(17)8-5-9-16;/h6-7,10H,3-5,8-9,11,17H2,1-2H3;1H. The fourth-order valence-corrected chi connectivity index (χ4v) is 4.42. The molecule has 1 saturated carbocycles. The highest BCUT2D eigenvalue weighted by molar-refractivity contribution is 7.89. The smallest absolute Gasteiger partial charge is 0.251 e. The minimum absolute atomic E-state index is 0. The molecule has 2 aromatic rings. The summed E-state index contributed by atoms with van der Waals surface area (Å²) in [6.45, 7) is 4.22. The number of nitrogens with two attached hydrogens (primary N) is 1. The van der Waals surface area contributed by atoms with Gasteiger partial charge < -0.3 is 14.8 Å². The number of pyridine rings is 1. The summed E-state index contributed by atoms with van der Waals surface area (Å²) in [6, 6.07) is 2.54. The molecule has 0 aromatic carbocycles. The number of sulfonamides is 1. The molecule has 0 aliphatic heterocycles. The van der Waals surface area contributed by atoms with Crippen molar-refractivity contribution in [1.29, 1.82) is 0 Å². The molecule has 0 spiro atoms. The van der Waals surface area contributed by atoms with E-state index in [-0.39, 0.29) is 35.3 Å². The first-order valence-electron chi connectivity index (χ1n) is 8.63. The van der Waals surface area contributed by atoms with Crippen molar-refractivity contribution in [2.45, 2.75) is 50.1 Å². The van der Waals surface area contributed by atoms with E-state index < -0.39 is 15.6 Å². The van der Waals surface area contributed by atoms with Crippen LogP contribution in [0.5, 0.6) is 0 Å². The Morgan fingerprint density at radius 3 is 2.52 bits per heavy atom. The topological polar surface area (TPSA) is 124 Å². The molecule has 2 aromatic heterocycles. The highest BCUT2D eigenvalue weighted by Crippen LogP contribution is 2.36. The van der Waals surface area contributed by atoms with Crippen LogP contribution in [-0.2, 0) is 22.1 Å². The SMILES string of the molecule is CCN(CC)S(=O)(=O)c1ccc(=O)n(Cc2nc(C3(N)CCC3)no2)c1.Cl. The lowest BCUT2D eigenvalue weighted by molar-refractivity contribution is 0.228. The van der Waals surface area contributed by atoms with Crippen LogP contribution in [0.4, 0.5) is 0 Å². The van der Waals surface area contributed by atoms with Crippen LogP contribution < -0.4 is 11.3 Å². The lowest BCUT2D eigenvalue weighted by atomic mass is 9.77. The molecule has 0 unspecified atom stereocenters. The molecule has 0 atom stereocenters. The normalized spacial score (nSPS) is 16.0. The second-order valence-electron chi connectivity index (χ2n) is 6.44. The van der Waals surface area contributed by atoms with Gasteiger partial charge in [-0.3, -0.25) is 4.79 Å². The van der Waals surface area contributed by atoms with Gasteiger partial charge in [0.05, 0.1) is 10.4 Å². The third-order valence-corrected chi connectivity index (χ3v) is 6.80. The molecule has 3 rings (SSSR count). The Balaban J connectivity index is 0.00000261. The van der Waals surface area contributed by atoms with Gasteiger partial charge in [-0.2, -0.15) is 9.29 Å². The van der Waals surface area contributed by atoms with Gasteiger partial charge in [-0.1, -0.05) is 19.0 Å². The first-order chi connectivity index (χ1) is 12.3. The van der Waals surface area contributed by atoms with Crippen LogP contribution >= 0.6 is 12.4 Å². The molecule has 2 heterocycles. The van der Waals surface area contributed by atoms with Crippen LogP contribution in [0.15, 0.2) is 32.5 Å². The Morgan fingerprint density at radius 1 is 1.30 bits per heavy atom. The summed E-state index contributed by atoms with van der Waals surface area (Å²) in [5.41, 5.74) is 5.26. The molecule has 0 bridgehead atoms. The van der Waals surface area contributed by atoms with Crippen LogP contribution in [0.25, 0.3) is 0 Å². The van der Waals surface area contributed by atoms with Crippen LogP contribution in [0.1, 0.15) is 44.8 Å². The average Bonchev–Trinajstić information content (AvgIpc) is 3.04. The number of rotatable bonds is 7. The van der Waals surface area contributed by atoms with E-state index in [0.29, 0.717) is 18.9 Å². The number of nitrogens with zero attached hydrogens (tertiary/aromatic N) is 4. The van der Waals surface area contributed by atoms with Crippen molar-refractivity contribution in [3.05, 3.63) is 40.4 Å². The van der Waals surface area contributed by atoms with E-state index in [4.69, 9.17) is 10.3 Å². The Morgan fingerprint density at radius 2 is 1.96 bits per heavy atom. The average molecular weight is 418 g/mol. The maximum Gasteiger partial charge on any atom is 0.251 e. The highest BCUT2D eigenvalue weighted by Gasteiger charge is 2.39. The first-order valence-corrected chi connectivity index (χ1v) is 10.1. The zero-order valence-corrected chi connectivity index (χ0v) is 16.9. The molecule has 1 aliphatic carbocycles. The molecule has 0 saturated heterocycles. The number of hydrogen-bond acceptors (Lipinski definition) is 7. The molecule has 150 valence electrons. The lowest BCUT2D eigenvalue weighted by Crippen LogP contribution is -2.44. The van der Waals surface area contributed by atoms with Gasteiger partial charge in [-0.25, -0.2) is 8.42 Å². The molecule has 2 N–H and O–H groups in total. The summed E-state index contributed by atoms with van der Waals surface area (Å²) < 4.78 is 33.0. The Bertz CT molecular complexity index is 948. The summed E-state index contributed by atoms with van der Waals surface area (Å²) >= 11 is 0. The van der Waals surface area contributed by atoms with Crippen molar-refractivity contribution in [3.63, 3.8) is 0 Å². The summed E-state index contributed by atoms with van der Waals surface area (Å²) in [4.78, 5) is 16.5. The molecular formula is C16H24ClN5O4S. The predicted octanol–water partition coefficient (Wildman–Crippen LogP) is 1.07. The molecule has 1 aliphatic rings. The Hall–Kier alpha value is -1.75. The largest absolute Gasteiger partial charge is 0.337 e. The van der Waals surface area contributed by atoms with E-state index >= 15 is 0 Å². The van der Waals surface area contributed by atoms with Crippen molar-refractivity contribution in [3.8, 4) is 0 Å². The van der Waals surface area contributed by atoms with Crippen LogP contribution in [0.2, 0.25) is 0 Å². The van der Waals surface area contributed by atoms with Gasteiger partial charge in [0.25, 0.3) is 5.56 Å². The number of hydrogen-bond donors (Lipinski definition) is 1. The first kappa shape index (κ1) is 21.5. The van der Waals surface area contributed by atoms with Crippen LogP contribution in [0.3, 0.4) is 0 Å². The molecule has 11 heteroatoms. The third kappa shape index (κ3) is 4.08. The maximum atomic E-state index is 12.6. The minimum Gasteiger partial charge on any atom is -0.337 e. The van der Waals surface area contributed by atoms with Crippen molar-refractivity contribution in [2.24, 2.45) is 5.73 Å². The van der Waals surface area contributed by atoms with Crippen molar-refractivity contribution in [2.75, 3.05) is 13.1 Å². The molecule has 0 radical (unpaired) electrons. The molecule has 27 heavy (non-hydrogen) atoms. The van der Waals surface area contributed by atoms with E-state index in [0.717, 1.165) is 19.3 Å². The van der Waals surface area contributed by atoms with Gasteiger partial charge in [-0.15, -0.1) is 12.4 Å². The van der Waals surface area contributed by atoms with E-state index in [9.17, 15) is 13.2 Å². The highest BCUT2D eigenvalue weighted by atomic mass is 35.5. The number of aromatic nitrogens is 3. The Kier molecular flexibility index (Phi) is 6.46. The number of halogens is 1. The predicted molar refractivity (Wildman–Crippen MR) is 101 cm³/mol. The zero-order valence-electron chi connectivity index (χ0n) is 15.3. The van der Waals surface area contributed by atoms with Gasteiger partial charge in [0.15, 0.2) is 5.82 Å². The van der Waals surface area contributed by atoms with Crippen molar-refractivity contribution >= 4 is 22.4 Å². The molecule has 1 fully saturated rings. The summed E-state index contributed by atoms with van der Waals surface area (Å²) in [5.74, 6) is 0.648. The van der Waals surface area contributed by atoms with E-state index in [1.54, 1.807) is 13.8 Å². The maximum absolute atomic E-state index is 12.6. The van der Waals surface area contributed by atoms with E-state index in [2.05, 4.69) is 10.1 Å². The lowest BCUT2D eigenvalue weighted by Gasteiger charge is -2.34. The van der Waals surface area contributed by atoms with Crippen molar-refractivity contribution < 1.29 is 12.9 Å². The third-order valence-electron chi connectivity index (χ3n) is 4.76. The Labute approximate surface area is 164 Å². The summed E-state index contributed by atoms with van der Waals surface area (Å²) in [6.07, 6.45) is 3.92. The second-order valence-corrected chi connectivity index (χ2v) is 8.38. The van der Waals surface area contributed by atoms with Gasteiger partial charge >= 0.3 is 0 Å². The van der Waals surface area contributed by atoms with E-state index in [1.807, 2.05) is 0 Å². The van der Waals surface area contributed by atoms with Crippen LogP contribution in [0, 0.1) is 0 Å². The quantitative estimate of drug-likeness (QED) is 0.714.